The summed E-state index contributed by atoms with van der Waals surface area (Å²) in [5, 5.41) is 0. The zero-order valence-corrected chi connectivity index (χ0v) is 35.9. The minimum atomic E-state index is -1.84. The molecule has 2 aromatic heterocycles. The van der Waals surface area contributed by atoms with Crippen LogP contribution in [0.1, 0.15) is 11.1 Å². The molecule has 6 rings (SSSR count). The molecule has 0 aliphatic heterocycles. The van der Waals surface area contributed by atoms with Crippen LogP contribution >= 0.6 is 25.9 Å². The predicted octanol–water partition coefficient (Wildman–Crippen LogP) is 12.8. The molecule has 0 spiro atoms. The molecule has 0 saturated carbocycles. The van der Waals surface area contributed by atoms with Crippen molar-refractivity contribution in [2.24, 2.45) is 0 Å². The number of nitrogens with zero attached hydrogens (tertiary/aromatic N) is 2. The number of halogens is 2. The van der Waals surface area contributed by atoms with Gasteiger partial charge in [-0.3, -0.25) is 4.98 Å². The first-order valence-electron chi connectivity index (χ1n) is 16.3. The van der Waals surface area contributed by atoms with Crippen LogP contribution in [0.25, 0.3) is 44.8 Å². The van der Waals surface area contributed by atoms with Crippen molar-refractivity contribution >= 4 is 55.9 Å². The third kappa shape index (κ3) is 11.6. The number of hydrogen-bond acceptors (Lipinski definition) is 2. The van der Waals surface area contributed by atoms with E-state index in [1.807, 2.05) is 12.3 Å². The zero-order chi connectivity index (χ0) is 34.9. The number of aromatic nitrogens is 2. The summed E-state index contributed by atoms with van der Waals surface area (Å²) in [4.78, 5) is 9.26. The molecule has 2 heterocycles. The SMILES string of the molecule is Cc1cc(-c2cccc(-c3ccccc3)c2)nc[c]1[Ge]([CH3])([CH3])[CH3].Cc1cc(-c2cccc(-c3ccccc3)c2)ncc1Br.[CH3][Ge]([CH3])([CH3])[Cl]. The summed E-state index contributed by atoms with van der Waals surface area (Å²) in [6, 6.07) is 42.4. The maximum absolute atomic E-state index is 5.72. The van der Waals surface area contributed by atoms with Crippen molar-refractivity contribution in [3.63, 3.8) is 0 Å². The average molecular weight is 839 g/mol. The van der Waals surface area contributed by atoms with Gasteiger partial charge in [-0.05, 0) is 51.7 Å². The van der Waals surface area contributed by atoms with Gasteiger partial charge in [0, 0.05) is 16.2 Å². The molecule has 4 aromatic carbocycles. The number of aryl methyl sites for hydroxylation is 2. The Labute approximate surface area is 306 Å². The number of benzene rings is 4. The Kier molecular flexibility index (Phi) is 13.5. The molecule has 48 heavy (non-hydrogen) atoms. The number of hydrogen-bond donors (Lipinski definition) is 0. The van der Waals surface area contributed by atoms with E-state index in [4.69, 9.17) is 15.0 Å². The van der Waals surface area contributed by atoms with Gasteiger partial charge >= 0.3 is 181 Å². The Morgan fingerprint density at radius 2 is 0.854 bits per heavy atom. The molecular weight excluding hydrogens is 793 g/mol. The van der Waals surface area contributed by atoms with Crippen molar-refractivity contribution < 1.29 is 0 Å². The molecule has 0 amide bonds. The zero-order valence-electron chi connectivity index (χ0n) is 29.4. The summed E-state index contributed by atoms with van der Waals surface area (Å²) in [6.07, 6.45) is 3.97. The van der Waals surface area contributed by atoms with Gasteiger partial charge in [-0.2, -0.15) is 0 Å². The van der Waals surface area contributed by atoms with Crippen molar-refractivity contribution in [1.82, 2.24) is 9.97 Å². The monoisotopic (exact) mass is 840 g/mol. The second-order valence-corrected chi connectivity index (χ2v) is 39.9. The molecule has 0 fully saturated rings. The van der Waals surface area contributed by atoms with E-state index in [1.165, 1.54) is 43.3 Å². The van der Waals surface area contributed by atoms with Crippen LogP contribution in [-0.2, 0) is 0 Å². The molecule has 0 N–H and O–H groups in total. The van der Waals surface area contributed by atoms with Crippen molar-refractivity contribution in [3.05, 3.63) is 149 Å². The Morgan fingerprint density at radius 1 is 0.479 bits per heavy atom. The summed E-state index contributed by atoms with van der Waals surface area (Å²) in [5.41, 5.74) is 11.9. The standard InChI is InChI=1S/C21H23GeN.C18H14BrN.C3H9ClGe/c1-16-13-21(23-15-20(16)22(2,3)4)19-12-8-11-18(14-19)17-9-6-5-7-10-17;1-13-10-18(20-12-17(13)19)16-9-5-8-15(11-16)14-6-3-2-4-7-14;1-5(2,3)4/h5-15H,1-4H3;2-12H,1H3;1-3H3. The van der Waals surface area contributed by atoms with Crippen LogP contribution in [0.3, 0.4) is 0 Å². The first-order chi connectivity index (χ1) is 22.7. The third-order valence-corrected chi connectivity index (χ3v) is 12.8. The van der Waals surface area contributed by atoms with Crippen molar-refractivity contribution in [1.29, 1.82) is 0 Å². The van der Waals surface area contributed by atoms with E-state index in [9.17, 15) is 0 Å². The second kappa shape index (κ2) is 17.1. The molecule has 0 aliphatic carbocycles. The van der Waals surface area contributed by atoms with Crippen LogP contribution in [0.5, 0.6) is 0 Å². The molecular formula is C42H46BrClGe2N2. The number of rotatable bonds is 5. The van der Waals surface area contributed by atoms with Gasteiger partial charge in [-0.15, -0.1) is 0 Å². The molecule has 0 atom stereocenters. The first-order valence-corrected chi connectivity index (χ1v) is 33.5. The van der Waals surface area contributed by atoms with E-state index in [1.54, 1.807) is 0 Å². The maximum atomic E-state index is 5.72. The molecule has 0 bridgehead atoms. The van der Waals surface area contributed by atoms with Gasteiger partial charge < -0.3 is 0 Å². The second-order valence-electron chi connectivity index (χ2n) is 13.9. The van der Waals surface area contributed by atoms with Gasteiger partial charge in [0.25, 0.3) is 0 Å². The topological polar surface area (TPSA) is 25.8 Å². The summed E-state index contributed by atoms with van der Waals surface area (Å²) in [6.45, 7) is 4.30. The van der Waals surface area contributed by atoms with Crippen molar-refractivity contribution in [2.45, 2.75) is 48.4 Å². The van der Waals surface area contributed by atoms with Gasteiger partial charge in [-0.25, -0.2) is 0 Å². The molecule has 0 aliphatic rings. The quantitative estimate of drug-likeness (QED) is 0.162. The van der Waals surface area contributed by atoms with E-state index in [-0.39, 0.29) is 0 Å². The Balaban J connectivity index is 0.000000192. The molecule has 2 nitrogen and oxygen atoms in total. The van der Waals surface area contributed by atoms with Crippen LogP contribution in [-0.4, -0.2) is 35.6 Å². The summed E-state index contributed by atoms with van der Waals surface area (Å²) in [5.74, 6) is 13.7. The van der Waals surface area contributed by atoms with Crippen LogP contribution in [0.2, 0.25) is 34.5 Å². The summed E-state index contributed by atoms with van der Waals surface area (Å²) in [7, 11) is 5.72. The van der Waals surface area contributed by atoms with Gasteiger partial charge in [0.2, 0.25) is 0 Å². The van der Waals surface area contributed by atoms with Gasteiger partial charge in [0.05, 0.1) is 5.69 Å². The fourth-order valence-corrected chi connectivity index (χ4v) is 8.97. The van der Waals surface area contributed by atoms with E-state index >= 15 is 0 Å². The predicted molar refractivity (Wildman–Crippen MR) is 220 cm³/mol. The summed E-state index contributed by atoms with van der Waals surface area (Å²) < 4.78 is 2.54. The third-order valence-electron chi connectivity index (χ3n) is 7.50. The van der Waals surface area contributed by atoms with Gasteiger partial charge in [0.1, 0.15) is 0 Å². The van der Waals surface area contributed by atoms with E-state index in [0.717, 1.165) is 21.4 Å². The van der Waals surface area contributed by atoms with Gasteiger partial charge in [-0.1, -0.05) is 48.5 Å². The molecule has 0 saturated heterocycles. The first kappa shape index (κ1) is 37.8. The molecule has 0 unspecified atom stereocenters. The van der Waals surface area contributed by atoms with Crippen molar-refractivity contribution in [2.75, 3.05) is 0 Å². The Bertz CT molecular complexity index is 1930. The van der Waals surface area contributed by atoms with E-state index in [0.29, 0.717) is 0 Å². The Morgan fingerprint density at radius 3 is 1.25 bits per heavy atom. The van der Waals surface area contributed by atoms with E-state index in [2.05, 4.69) is 191 Å². The number of pyridine rings is 2. The van der Waals surface area contributed by atoms with Crippen LogP contribution in [0.15, 0.2) is 138 Å². The van der Waals surface area contributed by atoms with Gasteiger partial charge in [0.15, 0.2) is 0 Å². The van der Waals surface area contributed by atoms with Crippen LogP contribution in [0.4, 0.5) is 0 Å². The molecule has 246 valence electrons. The molecule has 6 aromatic rings. The normalized spacial score (nSPS) is 11.1. The van der Waals surface area contributed by atoms with Crippen LogP contribution < -0.4 is 4.40 Å². The van der Waals surface area contributed by atoms with Crippen LogP contribution in [0, 0.1) is 13.8 Å². The fourth-order valence-electron chi connectivity index (χ4n) is 5.17. The minimum absolute atomic E-state index is 1.00. The summed E-state index contributed by atoms with van der Waals surface area (Å²) >= 11 is 0.126. The fraction of sp³-hybridized carbons (Fsp3) is 0.190. The van der Waals surface area contributed by atoms with Crippen molar-refractivity contribution in [3.8, 4) is 44.8 Å². The average Bonchev–Trinajstić information content (AvgIpc) is 3.06. The molecule has 6 heteroatoms. The molecule has 0 radical (unpaired) electrons. The Hall–Kier alpha value is -2.96. The van der Waals surface area contributed by atoms with E-state index < -0.39 is 25.6 Å².